The van der Waals surface area contributed by atoms with E-state index in [1.54, 1.807) is 30.3 Å². The normalized spacial score (nSPS) is 13.4. The molecule has 21 nitrogen and oxygen atoms in total. The summed E-state index contributed by atoms with van der Waals surface area (Å²) in [5.74, 6) is -0.906. The number of carbonyl (C=O) groups is 3. The lowest BCUT2D eigenvalue weighted by molar-refractivity contribution is -0.203. The van der Waals surface area contributed by atoms with Crippen LogP contribution in [0, 0.1) is 0 Å². The van der Waals surface area contributed by atoms with E-state index < -0.39 is 54.1 Å². The molecule has 3 aromatic rings. The van der Waals surface area contributed by atoms with Crippen molar-refractivity contribution < 1.29 is 96.8 Å². The standard InChI is InChI=1S/C26H24O9.C18H38O12/c1-5-23(27)33-15(2)34-24(28)11-8-16-6-9-17(10-7-16)25(29)20-14-19-21(32-4)12-18(31-3)13-22(19)35-26(20)30;19-1-7-25-13-15(27-9-3-21)17(29-11-5-23)18(30-12-6-24)16(28-10-4-22)14-26-8-2-20/h5-7,9-10,12-15H,1,8,11H2,2-4H3;15-24H,1-14H2. The highest BCUT2D eigenvalue weighted by Gasteiger charge is 2.38. The average molecular weight is 927 g/mol. The lowest BCUT2D eigenvalue weighted by Gasteiger charge is -2.37. The maximum Gasteiger partial charge on any atom is 0.347 e. The van der Waals surface area contributed by atoms with E-state index in [9.17, 15) is 29.4 Å². The number of ether oxygens (including phenoxy) is 10. The highest BCUT2D eigenvalue weighted by Crippen LogP contribution is 2.31. The number of rotatable bonds is 33. The van der Waals surface area contributed by atoms with E-state index in [2.05, 4.69) is 6.58 Å². The first-order valence-electron chi connectivity index (χ1n) is 20.6. The zero-order valence-electron chi connectivity index (χ0n) is 36.8. The lowest BCUT2D eigenvalue weighted by Crippen LogP contribution is -2.53. The first-order chi connectivity index (χ1) is 31.4. The number of aryl methyl sites for hydroxylation is 1. The molecule has 2 aromatic carbocycles. The lowest BCUT2D eigenvalue weighted by atomic mass is 10.0. The van der Waals surface area contributed by atoms with E-state index in [4.69, 9.17) is 72.2 Å². The van der Waals surface area contributed by atoms with Crippen molar-refractivity contribution in [2.75, 3.05) is 107 Å². The molecular formula is C44H62O21. The molecule has 0 bridgehead atoms. The van der Waals surface area contributed by atoms with Crippen LogP contribution >= 0.6 is 0 Å². The summed E-state index contributed by atoms with van der Waals surface area (Å²) in [6.07, 6.45) is -2.99. The minimum absolute atomic E-state index is 0.0140. The Balaban J connectivity index is 0.000000454. The van der Waals surface area contributed by atoms with E-state index in [0.717, 1.165) is 11.6 Å². The molecule has 5 unspecified atom stereocenters. The van der Waals surface area contributed by atoms with E-state index in [1.165, 1.54) is 33.3 Å². The van der Waals surface area contributed by atoms with Crippen LogP contribution in [0.3, 0.4) is 0 Å². The maximum absolute atomic E-state index is 13.0. The van der Waals surface area contributed by atoms with Crippen molar-refractivity contribution in [2.45, 2.75) is 50.5 Å². The predicted molar refractivity (Wildman–Crippen MR) is 229 cm³/mol. The summed E-state index contributed by atoms with van der Waals surface area (Å²) >= 11 is 0. The molecule has 0 fully saturated rings. The minimum atomic E-state index is -1.03. The molecule has 1 heterocycles. The van der Waals surface area contributed by atoms with Crippen LogP contribution in [-0.4, -0.2) is 186 Å². The number of benzene rings is 2. The molecule has 6 N–H and O–H groups in total. The molecule has 65 heavy (non-hydrogen) atoms. The first kappa shape index (κ1) is 56.2. The van der Waals surface area contributed by atoms with Crippen LogP contribution in [0.4, 0.5) is 0 Å². The van der Waals surface area contributed by atoms with Crippen LogP contribution in [0.15, 0.2) is 64.3 Å². The molecule has 0 amide bonds. The van der Waals surface area contributed by atoms with Crippen LogP contribution in [0.1, 0.15) is 34.8 Å². The topological polar surface area (TPSA) is 295 Å². The molecule has 1 aromatic heterocycles. The van der Waals surface area contributed by atoms with Crippen LogP contribution in [-0.2, 0) is 53.9 Å². The van der Waals surface area contributed by atoms with Gasteiger partial charge in [0.05, 0.1) is 112 Å². The SMILES string of the molecule is C=CC(=O)OC(C)OC(=O)CCc1ccc(C(=O)c2cc3c(OC)cc(OC)cc3oc2=O)cc1.OCCOCC(OCCO)C(OCCO)C(OCCO)C(COCCO)OCCO. The second-order valence-electron chi connectivity index (χ2n) is 13.4. The molecular weight excluding hydrogens is 864 g/mol. The smallest absolute Gasteiger partial charge is 0.347 e. The van der Waals surface area contributed by atoms with Gasteiger partial charge in [-0.15, -0.1) is 0 Å². The Morgan fingerprint density at radius 1 is 0.692 bits per heavy atom. The van der Waals surface area contributed by atoms with Gasteiger partial charge in [-0.1, -0.05) is 30.8 Å². The van der Waals surface area contributed by atoms with Gasteiger partial charge in [0, 0.05) is 37.1 Å². The Morgan fingerprint density at radius 3 is 1.69 bits per heavy atom. The molecule has 0 saturated heterocycles. The van der Waals surface area contributed by atoms with Crippen LogP contribution in [0.25, 0.3) is 11.0 Å². The van der Waals surface area contributed by atoms with Crippen molar-refractivity contribution in [3.8, 4) is 11.5 Å². The molecule has 5 atom stereocenters. The summed E-state index contributed by atoms with van der Waals surface area (Å²) in [7, 11) is 2.94. The summed E-state index contributed by atoms with van der Waals surface area (Å²) in [6.45, 7) is 3.13. The van der Waals surface area contributed by atoms with Crippen molar-refractivity contribution in [1.29, 1.82) is 0 Å². The summed E-state index contributed by atoms with van der Waals surface area (Å²) in [5.41, 5.74) is 0.365. The second kappa shape index (κ2) is 32.7. The fourth-order valence-corrected chi connectivity index (χ4v) is 5.93. The van der Waals surface area contributed by atoms with Crippen molar-refractivity contribution in [3.05, 3.63) is 82.2 Å². The van der Waals surface area contributed by atoms with Crippen LogP contribution < -0.4 is 15.1 Å². The Bertz CT molecular complexity index is 1850. The number of ketones is 1. The van der Waals surface area contributed by atoms with Gasteiger partial charge in [-0.25, -0.2) is 9.59 Å². The molecule has 3 rings (SSSR count). The zero-order chi connectivity index (χ0) is 48.0. The molecule has 0 saturated carbocycles. The van der Waals surface area contributed by atoms with E-state index in [1.807, 2.05) is 0 Å². The fourth-order valence-electron chi connectivity index (χ4n) is 5.93. The quantitative estimate of drug-likeness (QED) is 0.0118. The van der Waals surface area contributed by atoms with Crippen molar-refractivity contribution in [3.63, 3.8) is 0 Å². The minimum Gasteiger partial charge on any atom is -0.496 e. The number of aliphatic hydroxyl groups is 6. The monoisotopic (exact) mass is 926 g/mol. The number of aliphatic hydroxyl groups excluding tert-OH is 6. The molecule has 0 spiro atoms. The van der Waals surface area contributed by atoms with E-state index >= 15 is 0 Å². The third-order valence-corrected chi connectivity index (χ3v) is 8.81. The Kier molecular flexibility index (Phi) is 28.3. The van der Waals surface area contributed by atoms with E-state index in [0.29, 0.717) is 23.3 Å². The van der Waals surface area contributed by atoms with Gasteiger partial charge in [0.2, 0.25) is 6.29 Å². The Morgan fingerprint density at radius 2 is 1.22 bits per heavy atom. The van der Waals surface area contributed by atoms with Gasteiger partial charge in [0.25, 0.3) is 0 Å². The van der Waals surface area contributed by atoms with Gasteiger partial charge >= 0.3 is 17.6 Å². The van der Waals surface area contributed by atoms with Crippen molar-refractivity contribution in [2.24, 2.45) is 0 Å². The van der Waals surface area contributed by atoms with Gasteiger partial charge in [0.15, 0.2) is 5.78 Å². The second-order valence-corrected chi connectivity index (χ2v) is 13.4. The van der Waals surface area contributed by atoms with Crippen molar-refractivity contribution in [1.82, 2.24) is 0 Å². The van der Waals surface area contributed by atoms with E-state index in [-0.39, 0.29) is 116 Å². The third-order valence-electron chi connectivity index (χ3n) is 8.81. The molecule has 0 radical (unpaired) electrons. The number of fused-ring (bicyclic) bond motifs is 1. The number of hydrogen-bond donors (Lipinski definition) is 6. The highest BCUT2D eigenvalue weighted by atomic mass is 16.7. The van der Waals surface area contributed by atoms with Crippen LogP contribution in [0.5, 0.6) is 11.5 Å². The summed E-state index contributed by atoms with van der Waals surface area (Å²) in [6, 6.07) is 11.1. The summed E-state index contributed by atoms with van der Waals surface area (Å²) in [4.78, 5) is 48.6. The maximum atomic E-state index is 13.0. The number of carbonyl (C=O) groups excluding carboxylic acids is 3. The average Bonchev–Trinajstić information content (AvgIpc) is 3.31. The predicted octanol–water partition coefficient (Wildman–Crippen LogP) is 0.106. The Hall–Kier alpha value is -4.88. The van der Waals surface area contributed by atoms with Crippen LogP contribution in [0.2, 0.25) is 0 Å². The largest absolute Gasteiger partial charge is 0.496 e. The molecule has 0 aliphatic rings. The van der Waals surface area contributed by atoms with Gasteiger partial charge in [-0.2, -0.15) is 0 Å². The first-order valence-corrected chi connectivity index (χ1v) is 20.6. The third kappa shape index (κ3) is 20.0. The molecule has 364 valence electrons. The molecule has 0 aliphatic heterocycles. The zero-order valence-corrected chi connectivity index (χ0v) is 36.8. The van der Waals surface area contributed by atoms with Crippen molar-refractivity contribution >= 4 is 28.7 Å². The molecule has 0 aliphatic carbocycles. The molecule has 21 heteroatoms. The van der Waals surface area contributed by atoms with Gasteiger partial charge < -0.3 is 82.4 Å². The fraction of sp³-hybridized carbons (Fsp3) is 0.545. The Labute approximate surface area is 375 Å². The number of hydrogen-bond acceptors (Lipinski definition) is 21. The number of methoxy groups -OCH3 is 2. The van der Waals surface area contributed by atoms with Gasteiger partial charge in [-0.05, 0) is 18.1 Å². The number of esters is 2. The highest BCUT2D eigenvalue weighted by molar-refractivity contribution is 6.10. The van der Waals surface area contributed by atoms with Gasteiger partial charge in [-0.3, -0.25) is 9.59 Å². The summed E-state index contributed by atoms with van der Waals surface area (Å²) < 4.78 is 59.2. The summed E-state index contributed by atoms with van der Waals surface area (Å²) in [5, 5.41) is 55.1. The van der Waals surface area contributed by atoms with Gasteiger partial charge in [0.1, 0.15) is 47.1 Å².